The van der Waals surface area contributed by atoms with Crippen molar-refractivity contribution < 1.29 is 8.94 Å². The summed E-state index contributed by atoms with van der Waals surface area (Å²) in [6.07, 6.45) is 3.11. The zero-order valence-corrected chi connectivity index (χ0v) is 17.2. The number of oxazole rings is 1. The summed E-state index contributed by atoms with van der Waals surface area (Å²) in [5, 5.41) is 4.78. The van der Waals surface area contributed by atoms with Crippen LogP contribution >= 0.6 is 11.6 Å². The van der Waals surface area contributed by atoms with Crippen LogP contribution in [0.3, 0.4) is 0 Å². The van der Waals surface area contributed by atoms with E-state index in [0.29, 0.717) is 16.7 Å². The largest absolute Gasteiger partial charge is 0.444 e. The predicted molar refractivity (Wildman–Crippen MR) is 121 cm³/mol. The Kier molecular flexibility index (Phi) is 4.33. The summed E-state index contributed by atoms with van der Waals surface area (Å²) < 4.78 is 10.8. The van der Waals surface area contributed by atoms with Crippen molar-refractivity contribution in [2.75, 3.05) is 0 Å². The molecule has 0 spiro atoms. The number of imidazole rings is 1. The molecule has 0 saturated heterocycles. The molecule has 0 aliphatic heterocycles. The molecule has 3 aromatic carbocycles. The maximum atomic E-state index is 5.95. The number of halogens is 1. The number of rotatable bonds is 4. The molecule has 154 valence electrons. The number of aromatic amines is 1. The van der Waals surface area contributed by atoms with Gasteiger partial charge in [-0.25, -0.2) is 9.97 Å². The molecule has 0 atom stereocenters. The van der Waals surface area contributed by atoms with Crippen LogP contribution in [-0.4, -0.2) is 25.1 Å². The molecule has 7 nitrogen and oxygen atoms in total. The van der Waals surface area contributed by atoms with E-state index in [0.717, 1.165) is 44.9 Å². The molecule has 0 aliphatic rings. The van der Waals surface area contributed by atoms with E-state index in [2.05, 4.69) is 20.1 Å². The maximum absolute atomic E-state index is 5.95. The Morgan fingerprint density at radius 3 is 2.31 bits per heavy atom. The van der Waals surface area contributed by atoms with Crippen LogP contribution in [0.1, 0.15) is 0 Å². The first-order valence-corrected chi connectivity index (χ1v) is 10.2. The fraction of sp³-hybridized carbons (Fsp3) is 0. The minimum absolute atomic E-state index is 0.439. The average Bonchev–Trinajstić information content (AvgIpc) is 3.60. The van der Waals surface area contributed by atoms with Crippen LogP contribution in [0.4, 0.5) is 0 Å². The quantitative estimate of drug-likeness (QED) is 0.348. The summed E-state index contributed by atoms with van der Waals surface area (Å²) in [6.45, 7) is 0. The second kappa shape index (κ2) is 7.47. The van der Waals surface area contributed by atoms with Crippen LogP contribution in [0.25, 0.3) is 56.6 Å². The molecular formula is C24H14ClN5O2. The smallest absolute Gasteiger partial charge is 0.258 e. The lowest BCUT2D eigenvalue weighted by molar-refractivity contribution is 0.432. The zero-order chi connectivity index (χ0) is 21.5. The van der Waals surface area contributed by atoms with E-state index in [1.807, 2.05) is 54.6 Å². The number of nitrogens with one attached hydrogen (secondary N) is 1. The van der Waals surface area contributed by atoms with Gasteiger partial charge in [-0.05, 0) is 42.5 Å². The van der Waals surface area contributed by atoms with Gasteiger partial charge < -0.3 is 13.9 Å². The minimum atomic E-state index is 0.439. The molecular weight excluding hydrogens is 426 g/mol. The third kappa shape index (κ3) is 3.34. The molecule has 0 amide bonds. The van der Waals surface area contributed by atoms with E-state index in [9.17, 15) is 0 Å². The van der Waals surface area contributed by atoms with Crippen molar-refractivity contribution in [3.63, 3.8) is 0 Å². The van der Waals surface area contributed by atoms with Gasteiger partial charge in [0.2, 0.25) is 5.82 Å². The molecule has 0 radical (unpaired) electrons. The van der Waals surface area contributed by atoms with Gasteiger partial charge in [-0.15, -0.1) is 0 Å². The summed E-state index contributed by atoms with van der Waals surface area (Å²) in [7, 11) is 0. The number of fused-ring (bicyclic) bond motifs is 1. The van der Waals surface area contributed by atoms with E-state index in [1.54, 1.807) is 18.3 Å². The second-order valence-corrected chi connectivity index (χ2v) is 7.63. The van der Waals surface area contributed by atoms with E-state index >= 15 is 0 Å². The Hall–Kier alpha value is -4.23. The summed E-state index contributed by atoms with van der Waals surface area (Å²) in [5.74, 6) is 2.44. The van der Waals surface area contributed by atoms with Crippen molar-refractivity contribution in [2.24, 2.45) is 0 Å². The Labute approximate surface area is 186 Å². The highest BCUT2D eigenvalue weighted by Crippen LogP contribution is 2.28. The number of nitrogens with zero attached hydrogens (tertiary/aromatic N) is 4. The number of hydrogen-bond acceptors (Lipinski definition) is 6. The lowest BCUT2D eigenvalue weighted by Crippen LogP contribution is -1.82. The molecule has 6 rings (SSSR count). The lowest BCUT2D eigenvalue weighted by Gasteiger charge is -1.99. The van der Waals surface area contributed by atoms with Gasteiger partial charge in [0.25, 0.3) is 5.89 Å². The molecule has 3 heterocycles. The highest BCUT2D eigenvalue weighted by Gasteiger charge is 2.13. The first-order valence-electron chi connectivity index (χ1n) is 9.82. The topological polar surface area (TPSA) is 93.6 Å². The number of hydrogen-bond donors (Lipinski definition) is 1. The van der Waals surface area contributed by atoms with Crippen molar-refractivity contribution in [2.45, 2.75) is 0 Å². The normalized spacial score (nSPS) is 11.3. The van der Waals surface area contributed by atoms with E-state index in [4.69, 9.17) is 25.5 Å². The molecule has 8 heteroatoms. The Bertz CT molecular complexity index is 1520. The standard InChI is InChI=1S/C24H14ClN5O2/c25-18-8-5-16(6-9-18)24-29-23(30-32-24)17-7-10-19-20(11-17)28-22(27-19)15-3-1-14(2-4-15)21-12-26-13-31-21/h1-13H,(H,27,28). The van der Waals surface area contributed by atoms with Crippen LogP contribution in [-0.2, 0) is 0 Å². The van der Waals surface area contributed by atoms with E-state index < -0.39 is 0 Å². The first-order chi connectivity index (χ1) is 15.7. The van der Waals surface area contributed by atoms with Crippen molar-refractivity contribution in [1.29, 1.82) is 0 Å². The van der Waals surface area contributed by atoms with Gasteiger partial charge in [-0.1, -0.05) is 41.0 Å². The van der Waals surface area contributed by atoms with Crippen LogP contribution < -0.4 is 0 Å². The minimum Gasteiger partial charge on any atom is -0.444 e. The van der Waals surface area contributed by atoms with Crippen molar-refractivity contribution in [1.82, 2.24) is 25.1 Å². The van der Waals surface area contributed by atoms with Gasteiger partial charge >= 0.3 is 0 Å². The van der Waals surface area contributed by atoms with Gasteiger partial charge in [0.15, 0.2) is 12.2 Å². The molecule has 0 fully saturated rings. The molecule has 3 aromatic heterocycles. The zero-order valence-electron chi connectivity index (χ0n) is 16.5. The second-order valence-electron chi connectivity index (χ2n) is 7.19. The van der Waals surface area contributed by atoms with Gasteiger partial charge in [-0.2, -0.15) is 4.98 Å². The monoisotopic (exact) mass is 439 g/mol. The molecule has 1 N–H and O–H groups in total. The molecule has 6 aromatic rings. The van der Waals surface area contributed by atoms with Gasteiger partial charge in [0.05, 0.1) is 17.2 Å². The third-order valence-corrected chi connectivity index (χ3v) is 5.38. The van der Waals surface area contributed by atoms with Crippen molar-refractivity contribution in [3.05, 3.63) is 84.3 Å². The van der Waals surface area contributed by atoms with Gasteiger partial charge in [0, 0.05) is 27.3 Å². The number of benzene rings is 3. The Balaban J connectivity index is 1.30. The first kappa shape index (κ1) is 18.5. The van der Waals surface area contributed by atoms with Crippen molar-refractivity contribution >= 4 is 22.6 Å². The maximum Gasteiger partial charge on any atom is 0.258 e. The van der Waals surface area contributed by atoms with Crippen LogP contribution in [0.2, 0.25) is 5.02 Å². The van der Waals surface area contributed by atoms with E-state index in [-0.39, 0.29) is 0 Å². The van der Waals surface area contributed by atoms with Gasteiger partial charge in [-0.3, -0.25) is 0 Å². The Morgan fingerprint density at radius 2 is 1.53 bits per heavy atom. The van der Waals surface area contributed by atoms with Gasteiger partial charge in [0.1, 0.15) is 5.82 Å². The molecule has 0 unspecified atom stereocenters. The fourth-order valence-corrected chi connectivity index (χ4v) is 3.61. The summed E-state index contributed by atoms with van der Waals surface area (Å²) in [4.78, 5) is 16.5. The Morgan fingerprint density at radius 1 is 0.781 bits per heavy atom. The van der Waals surface area contributed by atoms with Crippen LogP contribution in [0.5, 0.6) is 0 Å². The molecule has 0 saturated carbocycles. The predicted octanol–water partition coefficient (Wildman–Crippen LogP) is 6.26. The third-order valence-electron chi connectivity index (χ3n) is 5.13. The number of H-pyrrole nitrogens is 1. The molecule has 0 bridgehead atoms. The number of aromatic nitrogens is 5. The molecule has 32 heavy (non-hydrogen) atoms. The highest BCUT2D eigenvalue weighted by atomic mass is 35.5. The summed E-state index contributed by atoms with van der Waals surface area (Å²) in [6, 6.07) is 21.0. The fourth-order valence-electron chi connectivity index (χ4n) is 3.49. The average molecular weight is 440 g/mol. The van der Waals surface area contributed by atoms with Crippen LogP contribution in [0, 0.1) is 0 Å². The van der Waals surface area contributed by atoms with Crippen molar-refractivity contribution in [3.8, 4) is 45.6 Å². The lowest BCUT2D eigenvalue weighted by atomic mass is 10.1. The summed E-state index contributed by atoms with van der Waals surface area (Å²) in [5.41, 5.74) is 5.30. The SMILES string of the molecule is Clc1ccc(-c2nc(-c3ccc4nc(-c5ccc(-c6cnco6)cc5)[nH]c4c3)no2)cc1. The highest BCUT2D eigenvalue weighted by molar-refractivity contribution is 6.30. The molecule has 0 aliphatic carbocycles. The summed E-state index contributed by atoms with van der Waals surface area (Å²) >= 11 is 5.95. The van der Waals surface area contributed by atoms with Crippen LogP contribution in [0.15, 0.2) is 88.3 Å². The van der Waals surface area contributed by atoms with E-state index in [1.165, 1.54) is 6.39 Å².